The molecule has 2 aliphatic heterocycles. The fraction of sp³-hybridized carbons (Fsp3) is 0.852. The van der Waals surface area contributed by atoms with Gasteiger partial charge in [-0.3, -0.25) is 4.79 Å². The predicted molar refractivity (Wildman–Crippen MR) is 125 cm³/mol. The molecule has 8 nitrogen and oxygen atoms in total. The lowest BCUT2D eigenvalue weighted by Crippen LogP contribution is -2.60. The third-order valence-electron chi connectivity index (χ3n) is 8.22. The lowest BCUT2D eigenvalue weighted by atomic mass is 9.48. The Kier molecular flexibility index (Phi) is 6.56. The monoisotopic (exact) mass is 492 g/mol. The van der Waals surface area contributed by atoms with Gasteiger partial charge in [-0.1, -0.05) is 27.4 Å². The summed E-state index contributed by atoms with van der Waals surface area (Å²) in [5, 5.41) is 0. The zero-order valence-corrected chi connectivity index (χ0v) is 21.5. The maximum Gasteiger partial charge on any atom is 0.333 e. The van der Waals surface area contributed by atoms with Crippen LogP contribution in [-0.2, 0) is 38.0 Å². The first kappa shape index (κ1) is 25.2. The Morgan fingerprint density at radius 1 is 1.00 bits per heavy atom. The van der Waals surface area contributed by atoms with Gasteiger partial charge in [0.2, 0.25) is 0 Å². The zero-order chi connectivity index (χ0) is 25.0. The number of esters is 2. The van der Waals surface area contributed by atoms with E-state index < -0.39 is 17.1 Å². The second kappa shape index (κ2) is 9.12. The molecule has 6 rings (SSSR count). The minimum Gasteiger partial charge on any atom is -0.457 e. The molecular formula is C27H40O8. The van der Waals surface area contributed by atoms with Crippen LogP contribution >= 0.6 is 0 Å². The first-order chi connectivity index (χ1) is 16.5. The summed E-state index contributed by atoms with van der Waals surface area (Å²) in [5.41, 5.74) is -0.721. The smallest absolute Gasteiger partial charge is 0.333 e. The average molecular weight is 493 g/mol. The van der Waals surface area contributed by atoms with Crippen LogP contribution < -0.4 is 0 Å². The average Bonchev–Trinajstić information content (AvgIpc) is 3.32. The van der Waals surface area contributed by atoms with Crippen molar-refractivity contribution in [2.75, 3.05) is 26.6 Å². The molecule has 0 N–H and O–H groups in total. The van der Waals surface area contributed by atoms with E-state index in [2.05, 4.69) is 27.4 Å². The molecule has 0 aromatic rings. The molecular weight excluding hydrogens is 452 g/mol. The Hall–Kier alpha value is -1.48. The van der Waals surface area contributed by atoms with E-state index >= 15 is 0 Å². The zero-order valence-electron chi connectivity index (χ0n) is 21.5. The summed E-state index contributed by atoms with van der Waals surface area (Å²) in [6.45, 7) is 13.2. The van der Waals surface area contributed by atoms with Gasteiger partial charge in [0.15, 0.2) is 6.10 Å². The highest BCUT2D eigenvalue weighted by Gasteiger charge is 2.64. The standard InChI is InChI=1S/C27H40O8/c1-16(2)23(28)35-27-9-17-6-18(10-27)8-26(7-17,13-27)24(29)34-20-12-32-21-19(11-31-22(20)21)33-15-30-14-25(3,4)5/h17-22H,1,6-15H2,2-5H3. The van der Waals surface area contributed by atoms with Gasteiger partial charge >= 0.3 is 11.9 Å². The van der Waals surface area contributed by atoms with Gasteiger partial charge in [0, 0.05) is 12.0 Å². The van der Waals surface area contributed by atoms with Gasteiger partial charge in [-0.2, -0.15) is 0 Å². The van der Waals surface area contributed by atoms with Crippen LogP contribution in [0.25, 0.3) is 0 Å². The summed E-state index contributed by atoms with van der Waals surface area (Å²) in [6.07, 6.45) is 3.57. The fourth-order valence-electron chi connectivity index (χ4n) is 7.24. The van der Waals surface area contributed by atoms with Gasteiger partial charge in [-0.15, -0.1) is 0 Å². The van der Waals surface area contributed by atoms with Crippen LogP contribution in [0.1, 0.15) is 66.2 Å². The van der Waals surface area contributed by atoms with Crippen LogP contribution in [0.15, 0.2) is 12.2 Å². The molecule has 6 fully saturated rings. The number of fused-ring (bicyclic) bond motifs is 1. The molecule has 4 saturated carbocycles. The Morgan fingerprint density at radius 2 is 1.63 bits per heavy atom. The van der Waals surface area contributed by atoms with Gasteiger partial charge in [0.05, 0.1) is 25.2 Å². The van der Waals surface area contributed by atoms with E-state index in [0.29, 0.717) is 43.7 Å². The first-order valence-electron chi connectivity index (χ1n) is 13.0. The minimum atomic E-state index is -0.604. The molecule has 2 heterocycles. The van der Waals surface area contributed by atoms with Gasteiger partial charge in [0.25, 0.3) is 0 Å². The summed E-state index contributed by atoms with van der Waals surface area (Å²) < 4.78 is 35.5. The molecule has 4 aliphatic carbocycles. The topological polar surface area (TPSA) is 89.5 Å². The molecule has 6 unspecified atom stereocenters. The Balaban J connectivity index is 1.19. The number of hydrogen-bond donors (Lipinski definition) is 0. The summed E-state index contributed by atoms with van der Waals surface area (Å²) in [7, 11) is 0. The van der Waals surface area contributed by atoms with Crippen LogP contribution in [-0.4, -0.2) is 68.6 Å². The SMILES string of the molecule is C=C(C)C(=O)OC12CC3CC(C1)CC(C(=O)OC1COC4C(OCOCC(C)(C)C)COC14)(C3)C2. The van der Waals surface area contributed by atoms with Crippen molar-refractivity contribution in [3.05, 3.63) is 12.2 Å². The van der Waals surface area contributed by atoms with Crippen LogP contribution in [0.5, 0.6) is 0 Å². The van der Waals surface area contributed by atoms with Crippen LogP contribution in [0, 0.1) is 22.7 Å². The lowest BCUT2D eigenvalue weighted by molar-refractivity contribution is -0.214. The van der Waals surface area contributed by atoms with E-state index in [1.165, 1.54) is 0 Å². The van der Waals surface area contributed by atoms with Crippen molar-refractivity contribution in [1.82, 2.24) is 0 Å². The molecule has 35 heavy (non-hydrogen) atoms. The summed E-state index contributed by atoms with van der Waals surface area (Å²) >= 11 is 0. The van der Waals surface area contributed by atoms with E-state index in [4.69, 9.17) is 28.4 Å². The van der Waals surface area contributed by atoms with Gasteiger partial charge in [-0.05, 0) is 56.3 Å². The van der Waals surface area contributed by atoms with Gasteiger partial charge in [-0.25, -0.2) is 4.79 Å². The van der Waals surface area contributed by atoms with E-state index in [0.717, 1.165) is 32.1 Å². The number of carbonyl (C=O) groups excluding carboxylic acids is 2. The summed E-state index contributed by atoms with van der Waals surface area (Å²) in [6, 6.07) is 0. The summed E-state index contributed by atoms with van der Waals surface area (Å²) in [5.74, 6) is 0.197. The van der Waals surface area contributed by atoms with Crippen molar-refractivity contribution in [2.24, 2.45) is 22.7 Å². The second-order valence-electron chi connectivity index (χ2n) is 12.9. The van der Waals surface area contributed by atoms with Crippen molar-refractivity contribution in [1.29, 1.82) is 0 Å². The highest BCUT2D eigenvalue weighted by molar-refractivity contribution is 5.87. The highest BCUT2D eigenvalue weighted by atomic mass is 16.7. The molecule has 2 saturated heterocycles. The van der Waals surface area contributed by atoms with E-state index in [9.17, 15) is 9.59 Å². The van der Waals surface area contributed by atoms with Crippen molar-refractivity contribution in [3.8, 4) is 0 Å². The van der Waals surface area contributed by atoms with E-state index in [1.54, 1.807) is 6.92 Å². The molecule has 0 aromatic carbocycles. The van der Waals surface area contributed by atoms with Crippen LogP contribution in [0.2, 0.25) is 0 Å². The molecule has 0 spiro atoms. The summed E-state index contributed by atoms with van der Waals surface area (Å²) in [4.78, 5) is 26.0. The number of hydrogen-bond acceptors (Lipinski definition) is 8. The normalized spacial score (nSPS) is 41.6. The molecule has 196 valence electrons. The van der Waals surface area contributed by atoms with Crippen LogP contribution in [0.4, 0.5) is 0 Å². The molecule has 6 atom stereocenters. The largest absolute Gasteiger partial charge is 0.457 e. The van der Waals surface area contributed by atoms with Gasteiger partial charge in [0.1, 0.15) is 30.7 Å². The van der Waals surface area contributed by atoms with Gasteiger partial charge < -0.3 is 28.4 Å². The lowest BCUT2D eigenvalue weighted by Gasteiger charge is -2.59. The Bertz CT molecular complexity index is 846. The minimum absolute atomic E-state index is 0.0694. The maximum absolute atomic E-state index is 13.6. The Labute approximate surface area is 208 Å². The third-order valence-corrected chi connectivity index (χ3v) is 8.22. The number of carbonyl (C=O) groups is 2. The predicted octanol–water partition coefficient (Wildman–Crippen LogP) is 3.56. The molecule has 6 aliphatic rings. The molecule has 0 amide bonds. The fourth-order valence-corrected chi connectivity index (χ4v) is 7.24. The highest BCUT2D eigenvalue weighted by Crippen LogP contribution is 2.63. The number of rotatable bonds is 8. The Morgan fingerprint density at radius 3 is 2.26 bits per heavy atom. The van der Waals surface area contributed by atoms with Crippen molar-refractivity contribution in [3.63, 3.8) is 0 Å². The van der Waals surface area contributed by atoms with E-state index in [1.807, 2.05) is 0 Å². The van der Waals surface area contributed by atoms with Crippen molar-refractivity contribution in [2.45, 2.75) is 96.2 Å². The first-order valence-corrected chi connectivity index (χ1v) is 13.0. The maximum atomic E-state index is 13.6. The number of ether oxygens (including phenoxy) is 6. The quantitative estimate of drug-likeness (QED) is 0.220. The molecule has 8 heteroatoms. The van der Waals surface area contributed by atoms with Crippen molar-refractivity contribution < 1.29 is 38.0 Å². The second-order valence-corrected chi connectivity index (χ2v) is 12.9. The third kappa shape index (κ3) is 5.04. The molecule has 0 aromatic heterocycles. The van der Waals surface area contributed by atoms with Crippen molar-refractivity contribution >= 4 is 11.9 Å². The van der Waals surface area contributed by atoms with Crippen LogP contribution in [0.3, 0.4) is 0 Å². The molecule has 4 bridgehead atoms. The molecule has 0 radical (unpaired) electrons. The van der Waals surface area contributed by atoms with E-state index in [-0.39, 0.29) is 42.5 Å².